The fourth-order valence-corrected chi connectivity index (χ4v) is 2.77. The average molecular weight is 209 g/mol. The number of hydrogen-bond acceptors (Lipinski definition) is 2. The van der Waals surface area contributed by atoms with Crippen LogP contribution in [0.4, 0.5) is 0 Å². The minimum atomic E-state index is -3.39. The van der Waals surface area contributed by atoms with Crippen LogP contribution in [-0.4, -0.2) is 14.2 Å². The zero-order chi connectivity index (χ0) is 9.19. The van der Waals surface area contributed by atoms with Gasteiger partial charge in [0.2, 0.25) is 9.05 Å². The molecule has 1 aliphatic rings. The molecule has 0 spiro atoms. The van der Waals surface area contributed by atoms with E-state index in [-0.39, 0.29) is 5.75 Å². The van der Waals surface area contributed by atoms with Crippen molar-refractivity contribution in [2.45, 2.75) is 25.7 Å². The maximum atomic E-state index is 10.7. The van der Waals surface area contributed by atoms with E-state index in [1.165, 1.54) is 12.8 Å². The van der Waals surface area contributed by atoms with Crippen molar-refractivity contribution in [3.05, 3.63) is 12.2 Å². The molecule has 0 heterocycles. The molecule has 1 fully saturated rings. The lowest BCUT2D eigenvalue weighted by Gasteiger charge is -2.10. The summed E-state index contributed by atoms with van der Waals surface area (Å²) >= 11 is 0. The van der Waals surface area contributed by atoms with Crippen LogP contribution >= 0.6 is 10.7 Å². The van der Waals surface area contributed by atoms with Crippen molar-refractivity contribution < 1.29 is 8.42 Å². The Morgan fingerprint density at radius 1 is 1.42 bits per heavy atom. The molecule has 0 bridgehead atoms. The Labute approximate surface area is 78.0 Å². The molecular weight excluding hydrogens is 196 g/mol. The van der Waals surface area contributed by atoms with Crippen molar-refractivity contribution in [1.82, 2.24) is 0 Å². The van der Waals surface area contributed by atoms with Gasteiger partial charge in [0.15, 0.2) is 0 Å². The SMILES string of the molecule is C=C(CS(=O)(=O)Cl)C1CCCC1. The molecule has 2 nitrogen and oxygen atoms in total. The fourth-order valence-electron chi connectivity index (χ4n) is 1.67. The summed E-state index contributed by atoms with van der Waals surface area (Å²) in [6, 6.07) is 0. The second-order valence-electron chi connectivity index (χ2n) is 3.32. The summed E-state index contributed by atoms with van der Waals surface area (Å²) in [7, 11) is 1.73. The molecule has 0 aromatic heterocycles. The minimum Gasteiger partial charge on any atom is -0.212 e. The number of rotatable bonds is 3. The second-order valence-corrected chi connectivity index (χ2v) is 6.10. The summed E-state index contributed by atoms with van der Waals surface area (Å²) in [5.41, 5.74) is 0.780. The molecule has 0 N–H and O–H groups in total. The van der Waals surface area contributed by atoms with Gasteiger partial charge in [-0.1, -0.05) is 25.0 Å². The molecular formula is C8H13ClO2S. The summed E-state index contributed by atoms with van der Waals surface area (Å²) in [4.78, 5) is 0. The summed E-state index contributed by atoms with van der Waals surface area (Å²) in [5, 5.41) is 0. The average Bonchev–Trinajstić information content (AvgIpc) is 2.32. The Kier molecular flexibility index (Phi) is 3.18. The third kappa shape index (κ3) is 3.15. The standard InChI is InChI=1S/C8H13ClO2S/c1-7(6-12(9,10)11)8-4-2-3-5-8/h8H,1-6H2. The molecule has 0 aliphatic heterocycles. The quantitative estimate of drug-likeness (QED) is 0.527. The highest BCUT2D eigenvalue weighted by molar-refractivity contribution is 8.13. The second kappa shape index (κ2) is 3.79. The lowest BCUT2D eigenvalue weighted by molar-refractivity contribution is 0.601. The topological polar surface area (TPSA) is 34.1 Å². The van der Waals surface area contributed by atoms with Gasteiger partial charge in [-0.25, -0.2) is 8.42 Å². The third-order valence-electron chi connectivity index (χ3n) is 2.29. The Hall–Kier alpha value is -0.0200. The fraction of sp³-hybridized carbons (Fsp3) is 0.750. The normalized spacial score (nSPS) is 19.8. The predicted molar refractivity (Wildman–Crippen MR) is 50.7 cm³/mol. The van der Waals surface area contributed by atoms with Gasteiger partial charge in [-0.3, -0.25) is 0 Å². The summed E-state index contributed by atoms with van der Waals surface area (Å²) in [6.07, 6.45) is 4.52. The van der Waals surface area contributed by atoms with E-state index in [2.05, 4.69) is 6.58 Å². The van der Waals surface area contributed by atoms with Crippen LogP contribution in [0.25, 0.3) is 0 Å². The van der Waals surface area contributed by atoms with Gasteiger partial charge in [0.05, 0.1) is 5.75 Å². The van der Waals surface area contributed by atoms with Crippen molar-refractivity contribution in [2.24, 2.45) is 5.92 Å². The van der Waals surface area contributed by atoms with Crippen molar-refractivity contribution in [2.75, 3.05) is 5.75 Å². The highest BCUT2D eigenvalue weighted by atomic mass is 35.7. The molecule has 4 heteroatoms. The van der Waals surface area contributed by atoms with Gasteiger partial charge in [-0.15, -0.1) is 0 Å². The smallest absolute Gasteiger partial charge is 0.212 e. The number of halogens is 1. The van der Waals surface area contributed by atoms with E-state index >= 15 is 0 Å². The Balaban J connectivity index is 2.48. The van der Waals surface area contributed by atoms with Gasteiger partial charge in [-0.2, -0.15) is 0 Å². The van der Waals surface area contributed by atoms with E-state index in [9.17, 15) is 8.42 Å². The lowest BCUT2D eigenvalue weighted by Crippen LogP contribution is -2.07. The highest BCUT2D eigenvalue weighted by Gasteiger charge is 2.20. The van der Waals surface area contributed by atoms with Crippen molar-refractivity contribution in [3.63, 3.8) is 0 Å². The summed E-state index contributed by atoms with van der Waals surface area (Å²) < 4.78 is 21.4. The molecule has 1 saturated carbocycles. The van der Waals surface area contributed by atoms with Crippen molar-refractivity contribution >= 4 is 19.7 Å². The van der Waals surface area contributed by atoms with E-state index < -0.39 is 9.05 Å². The van der Waals surface area contributed by atoms with E-state index in [0.29, 0.717) is 5.92 Å². The van der Waals surface area contributed by atoms with E-state index in [1.54, 1.807) is 0 Å². The van der Waals surface area contributed by atoms with E-state index in [0.717, 1.165) is 18.4 Å². The van der Waals surface area contributed by atoms with Gasteiger partial charge in [0.1, 0.15) is 0 Å². The maximum Gasteiger partial charge on any atom is 0.236 e. The van der Waals surface area contributed by atoms with Crippen molar-refractivity contribution in [1.29, 1.82) is 0 Å². The van der Waals surface area contributed by atoms with Crippen LogP contribution in [0.1, 0.15) is 25.7 Å². The molecule has 0 saturated heterocycles. The summed E-state index contributed by atoms with van der Waals surface area (Å²) in [6.45, 7) is 3.76. The molecule has 0 unspecified atom stereocenters. The first-order valence-corrected chi connectivity index (χ1v) is 6.57. The summed E-state index contributed by atoms with van der Waals surface area (Å²) in [5.74, 6) is 0.331. The van der Waals surface area contributed by atoms with Gasteiger partial charge in [0.25, 0.3) is 0 Å². The molecule has 1 aliphatic carbocycles. The molecule has 1 rings (SSSR count). The predicted octanol–water partition coefficient (Wildman–Crippen LogP) is 2.30. The Bertz CT molecular complexity index is 263. The van der Waals surface area contributed by atoms with E-state index in [1.807, 2.05) is 0 Å². The molecule has 0 aromatic carbocycles. The van der Waals surface area contributed by atoms with Gasteiger partial charge >= 0.3 is 0 Å². The van der Waals surface area contributed by atoms with Crippen LogP contribution in [0.2, 0.25) is 0 Å². The molecule has 70 valence electrons. The maximum absolute atomic E-state index is 10.7. The van der Waals surface area contributed by atoms with Crippen LogP contribution in [0, 0.1) is 5.92 Å². The molecule has 0 radical (unpaired) electrons. The molecule has 12 heavy (non-hydrogen) atoms. The minimum absolute atomic E-state index is 0.0563. The highest BCUT2D eigenvalue weighted by Crippen LogP contribution is 2.31. The first-order valence-electron chi connectivity index (χ1n) is 4.09. The zero-order valence-electron chi connectivity index (χ0n) is 6.92. The van der Waals surface area contributed by atoms with E-state index in [4.69, 9.17) is 10.7 Å². The molecule has 0 amide bonds. The van der Waals surface area contributed by atoms with Gasteiger partial charge in [0, 0.05) is 10.7 Å². The van der Waals surface area contributed by atoms with Crippen LogP contribution in [0.3, 0.4) is 0 Å². The van der Waals surface area contributed by atoms with Crippen LogP contribution in [-0.2, 0) is 9.05 Å². The third-order valence-corrected chi connectivity index (χ3v) is 3.33. The lowest BCUT2D eigenvalue weighted by atomic mass is 10.0. The van der Waals surface area contributed by atoms with Gasteiger partial charge < -0.3 is 0 Å². The van der Waals surface area contributed by atoms with Crippen LogP contribution in [0.15, 0.2) is 12.2 Å². The van der Waals surface area contributed by atoms with Gasteiger partial charge in [-0.05, 0) is 18.8 Å². The van der Waals surface area contributed by atoms with Crippen LogP contribution < -0.4 is 0 Å². The molecule has 0 atom stereocenters. The first kappa shape index (κ1) is 10.1. The Morgan fingerprint density at radius 3 is 2.33 bits per heavy atom. The Morgan fingerprint density at radius 2 is 1.92 bits per heavy atom. The van der Waals surface area contributed by atoms with Crippen molar-refractivity contribution in [3.8, 4) is 0 Å². The van der Waals surface area contributed by atoms with Crippen LogP contribution in [0.5, 0.6) is 0 Å². The monoisotopic (exact) mass is 208 g/mol. The number of hydrogen-bond donors (Lipinski definition) is 0. The molecule has 0 aromatic rings. The largest absolute Gasteiger partial charge is 0.236 e. The first-order chi connectivity index (χ1) is 5.49. The zero-order valence-corrected chi connectivity index (χ0v) is 8.50.